The van der Waals surface area contributed by atoms with Crippen LogP contribution in [-0.4, -0.2) is 94.9 Å². The molecule has 13 nitrogen and oxygen atoms in total. The van der Waals surface area contributed by atoms with Crippen LogP contribution >= 0.6 is 0 Å². The number of hydrogen-bond acceptors (Lipinski definition) is 9. The second-order valence-corrected chi connectivity index (χ2v) is 20.5. The molecule has 2 saturated carbocycles. The van der Waals surface area contributed by atoms with Gasteiger partial charge in [0.15, 0.2) is 6.23 Å². The summed E-state index contributed by atoms with van der Waals surface area (Å²) in [5.74, 6) is -1.29. The van der Waals surface area contributed by atoms with E-state index in [1.807, 2.05) is 31.2 Å². The molecule has 0 bridgehead atoms. The average molecular weight is 837 g/mol. The van der Waals surface area contributed by atoms with Crippen molar-refractivity contribution in [3.63, 3.8) is 0 Å². The van der Waals surface area contributed by atoms with Crippen molar-refractivity contribution in [1.82, 2.24) is 16.9 Å². The molecule has 58 heavy (non-hydrogen) atoms. The lowest BCUT2D eigenvalue weighted by molar-refractivity contribution is -0.134. The highest BCUT2D eigenvalue weighted by Crippen LogP contribution is 2.55. The maximum Gasteiger partial charge on any atom is 0.320 e. The maximum absolute atomic E-state index is 16.1. The molecule has 0 saturated heterocycles. The molecule has 0 radical (unpaired) electrons. The second kappa shape index (κ2) is 16.2. The number of benzene rings is 2. The molecule has 1 aromatic heterocycles. The number of hydrogen-bond donors (Lipinski definition) is 0. The first-order chi connectivity index (χ1) is 27.7. The first-order valence-corrected chi connectivity index (χ1v) is 23.1. The van der Waals surface area contributed by atoms with Crippen LogP contribution in [0.1, 0.15) is 116 Å². The molecule has 2 heterocycles. The number of amides is 1. The van der Waals surface area contributed by atoms with Gasteiger partial charge >= 0.3 is 20.4 Å². The largest absolute Gasteiger partial charge is 0.497 e. The van der Waals surface area contributed by atoms with Gasteiger partial charge in [-0.2, -0.15) is 25.4 Å². The topological polar surface area (TPSA) is 145 Å². The van der Waals surface area contributed by atoms with E-state index in [-0.39, 0.29) is 15.2 Å². The molecule has 4 aliphatic rings. The minimum absolute atomic E-state index is 0.0938. The van der Waals surface area contributed by atoms with Gasteiger partial charge in [-0.3, -0.25) is 9.59 Å². The Balaban J connectivity index is 1.69. The van der Waals surface area contributed by atoms with E-state index in [9.17, 15) is 21.6 Å². The van der Waals surface area contributed by atoms with Gasteiger partial charge in [0, 0.05) is 68.0 Å². The molecule has 3 unspecified atom stereocenters. The minimum atomic E-state index is -4.95. The summed E-state index contributed by atoms with van der Waals surface area (Å²) < 4.78 is 79.2. The van der Waals surface area contributed by atoms with Crippen molar-refractivity contribution in [3.05, 3.63) is 69.2 Å². The molecule has 1 amide bonds. The normalized spacial score (nSPS) is 22.4. The van der Waals surface area contributed by atoms with Crippen LogP contribution in [0.25, 0.3) is 23.4 Å². The fourth-order valence-corrected chi connectivity index (χ4v) is 13.1. The number of carbonyl (C=O) groups excluding carboxylic acids is 2. The Labute approximate surface area is 342 Å². The highest BCUT2D eigenvalue weighted by atomic mass is 32.3. The molecule has 1 aliphatic heterocycles. The van der Waals surface area contributed by atoms with Crippen molar-refractivity contribution in [3.8, 4) is 22.8 Å². The summed E-state index contributed by atoms with van der Waals surface area (Å²) in [6, 6.07) is 11.1. The first kappa shape index (κ1) is 42.1. The van der Waals surface area contributed by atoms with E-state index in [0.717, 1.165) is 93.9 Å². The van der Waals surface area contributed by atoms with E-state index in [0.29, 0.717) is 41.9 Å². The summed E-state index contributed by atoms with van der Waals surface area (Å²) in [5, 5.41) is 1.56. The third kappa shape index (κ3) is 6.70. The lowest BCUT2D eigenvalue weighted by Crippen LogP contribution is -2.60. The third-order valence-corrected chi connectivity index (χ3v) is 17.0. The van der Waals surface area contributed by atoms with Crippen LogP contribution in [-0.2, 0) is 30.0 Å². The van der Waals surface area contributed by atoms with Crippen LogP contribution in [0.4, 0.5) is 0 Å². The van der Waals surface area contributed by atoms with E-state index in [1.54, 1.807) is 25.3 Å². The molecule has 3 atom stereocenters. The summed E-state index contributed by atoms with van der Waals surface area (Å²) in [5.41, 5.74) is 2.91. The van der Waals surface area contributed by atoms with Gasteiger partial charge in [-0.05, 0) is 92.0 Å². The summed E-state index contributed by atoms with van der Waals surface area (Å²) in [6.07, 6.45) is 12.7. The molecule has 0 N–H and O–H groups in total. The van der Waals surface area contributed by atoms with Gasteiger partial charge in [0.05, 0.1) is 25.3 Å². The maximum atomic E-state index is 16.1. The van der Waals surface area contributed by atoms with Gasteiger partial charge in [-0.25, -0.2) is 0 Å². The number of carbonyl (C=O) groups is 2. The summed E-state index contributed by atoms with van der Waals surface area (Å²) >= 11 is 0. The van der Waals surface area contributed by atoms with Gasteiger partial charge in [0.25, 0.3) is 5.91 Å². The van der Waals surface area contributed by atoms with Crippen LogP contribution in [0.5, 0.6) is 11.5 Å². The van der Waals surface area contributed by atoms with Crippen LogP contribution in [0.2, 0.25) is 0 Å². The number of ether oxygens (including phenoxy) is 3. The quantitative estimate of drug-likeness (QED) is 0.210. The Hall–Kier alpha value is -4.02. The Kier molecular flexibility index (Phi) is 11.8. The van der Waals surface area contributed by atoms with Gasteiger partial charge in [-0.1, -0.05) is 50.7 Å². The summed E-state index contributed by atoms with van der Waals surface area (Å²) in [6.45, 7) is 2.30. The molecule has 314 valence electrons. The molecule has 3 aromatic rings. The Morgan fingerprint density at radius 1 is 0.828 bits per heavy atom. The fourth-order valence-electron chi connectivity index (χ4n) is 9.98. The monoisotopic (exact) mass is 836 g/mol. The van der Waals surface area contributed by atoms with Crippen molar-refractivity contribution in [1.29, 1.82) is 0 Å². The standard InChI is InChI=1S/C43H56N4O9S2/c1-8-56-41-35-24-32(55-7)20-22-34(35)40-39(28-15-11-9-12-16-28)36-25-37(33-21-19-31(54-6)23-29(33)27-48)43(26-38(36)46(40)41,30-17-13-10-14-18-30)42(49)47(57(50,51)44(2)3)58(52,53)45(4)5/h19-28,30,37,41H,8-18H2,1-7H3. The average Bonchev–Trinajstić information content (AvgIpc) is 3.71. The molecular weight excluding hydrogens is 781 g/mol. The lowest BCUT2D eigenvalue weighted by Gasteiger charge is -2.47. The van der Waals surface area contributed by atoms with Gasteiger partial charge in [-0.15, -0.1) is 3.71 Å². The van der Waals surface area contributed by atoms with Crippen molar-refractivity contribution >= 4 is 44.8 Å². The number of aromatic nitrogens is 1. The second-order valence-electron chi connectivity index (χ2n) is 16.3. The summed E-state index contributed by atoms with van der Waals surface area (Å²) in [4.78, 5) is 29.2. The zero-order valence-electron chi connectivity index (χ0n) is 34.6. The first-order valence-electron chi connectivity index (χ1n) is 20.3. The molecular formula is C43H56N4O9S2. The third-order valence-electron chi connectivity index (χ3n) is 12.8. The highest BCUT2D eigenvalue weighted by molar-refractivity contribution is 8.02. The molecule has 0 spiro atoms. The molecule has 2 fully saturated rings. The zero-order chi connectivity index (χ0) is 41.7. The van der Waals surface area contributed by atoms with Crippen LogP contribution in [0.15, 0.2) is 36.4 Å². The van der Waals surface area contributed by atoms with Crippen molar-refractivity contribution in [2.75, 3.05) is 49.0 Å². The number of aldehydes is 1. The minimum Gasteiger partial charge on any atom is -0.497 e. The van der Waals surface area contributed by atoms with E-state index in [4.69, 9.17) is 14.2 Å². The van der Waals surface area contributed by atoms with Crippen molar-refractivity contribution in [2.45, 2.75) is 89.2 Å². The van der Waals surface area contributed by atoms with Crippen LogP contribution < -0.4 is 20.0 Å². The Morgan fingerprint density at radius 2 is 1.41 bits per heavy atom. The van der Waals surface area contributed by atoms with Gasteiger partial charge in [0.2, 0.25) is 0 Å². The number of methoxy groups -OCH3 is 2. The lowest BCUT2D eigenvalue weighted by atomic mass is 9.58. The van der Waals surface area contributed by atoms with Crippen molar-refractivity contribution < 1.29 is 40.6 Å². The Bertz CT molecular complexity index is 2390. The molecule has 7 rings (SSSR count). The fraction of sp³-hybridized carbons (Fsp3) is 0.535. The van der Waals surface area contributed by atoms with Crippen LogP contribution in [0.3, 0.4) is 0 Å². The Morgan fingerprint density at radius 3 is 1.98 bits per heavy atom. The predicted molar refractivity (Wildman–Crippen MR) is 222 cm³/mol. The number of fused-ring (bicyclic) bond motifs is 5. The SMILES string of the molecule is CCOC1c2cc(OC)ccc2-c2c(C3CCCCC3)c3c(n21)=CC(C(=O)N(S(=O)(=O)N(C)C)S(=O)(=O)N(C)C)(C1CCCCC1)C(c1ccc(OC)cc1C=O)C=3. The van der Waals surface area contributed by atoms with Crippen molar-refractivity contribution in [2.24, 2.45) is 11.3 Å². The molecule has 3 aliphatic carbocycles. The van der Waals surface area contributed by atoms with E-state index < -0.39 is 49.8 Å². The van der Waals surface area contributed by atoms with E-state index in [1.165, 1.54) is 35.3 Å². The van der Waals surface area contributed by atoms with E-state index in [2.05, 4.69) is 10.6 Å². The molecule has 15 heteroatoms. The number of rotatable bonds is 13. The van der Waals surface area contributed by atoms with Crippen LogP contribution in [0, 0.1) is 11.3 Å². The number of nitrogens with zero attached hydrogens (tertiary/aromatic N) is 4. The van der Waals surface area contributed by atoms with Gasteiger partial charge < -0.3 is 18.8 Å². The molecule has 2 aromatic carbocycles. The smallest absolute Gasteiger partial charge is 0.320 e. The van der Waals surface area contributed by atoms with E-state index >= 15 is 4.79 Å². The highest BCUT2D eigenvalue weighted by Gasteiger charge is 2.59. The predicted octanol–water partition coefficient (Wildman–Crippen LogP) is 5.30. The zero-order valence-corrected chi connectivity index (χ0v) is 36.2. The summed E-state index contributed by atoms with van der Waals surface area (Å²) in [7, 11) is -1.93. The van der Waals surface area contributed by atoms with Gasteiger partial charge in [0.1, 0.15) is 17.8 Å².